The van der Waals surface area contributed by atoms with Crippen molar-refractivity contribution in [2.45, 2.75) is 12.8 Å². The number of pyridine rings is 1. The Labute approximate surface area is 192 Å². The van der Waals surface area contributed by atoms with Crippen LogP contribution in [0.3, 0.4) is 0 Å². The highest BCUT2D eigenvalue weighted by Crippen LogP contribution is 2.31. The first-order valence-electron chi connectivity index (χ1n) is 11.5. The van der Waals surface area contributed by atoms with Crippen molar-refractivity contribution < 1.29 is 14.2 Å². The van der Waals surface area contributed by atoms with Crippen LogP contribution >= 0.6 is 0 Å². The Hall–Kier alpha value is -3.10. The van der Waals surface area contributed by atoms with Gasteiger partial charge in [-0.3, -0.25) is 4.98 Å². The van der Waals surface area contributed by atoms with Gasteiger partial charge in [-0.25, -0.2) is 14.4 Å². The van der Waals surface area contributed by atoms with Crippen LogP contribution in [0.15, 0.2) is 48.8 Å². The number of hydrogen-bond donors (Lipinski definition) is 1. The highest BCUT2D eigenvalue weighted by Gasteiger charge is 2.22. The van der Waals surface area contributed by atoms with Gasteiger partial charge in [-0.2, -0.15) is 0 Å². The molecule has 0 unspecified atom stereocenters. The van der Waals surface area contributed by atoms with Gasteiger partial charge in [0, 0.05) is 62.4 Å². The predicted octanol–water partition coefficient (Wildman–Crippen LogP) is 3.39. The van der Waals surface area contributed by atoms with Crippen LogP contribution in [0.5, 0.6) is 0 Å². The smallest absolute Gasteiger partial charge is 0.163 e. The van der Waals surface area contributed by atoms with Crippen molar-refractivity contribution >= 4 is 11.5 Å². The maximum atomic E-state index is 15.1. The number of aliphatic hydroxyl groups excluding tert-OH is 1. The molecule has 1 aromatic carbocycles. The van der Waals surface area contributed by atoms with E-state index in [1.165, 1.54) is 0 Å². The van der Waals surface area contributed by atoms with Gasteiger partial charge in [0.05, 0.1) is 24.6 Å². The van der Waals surface area contributed by atoms with Crippen molar-refractivity contribution in [3.63, 3.8) is 0 Å². The van der Waals surface area contributed by atoms with Crippen LogP contribution in [-0.2, 0) is 4.74 Å². The molecule has 2 aromatic heterocycles. The maximum Gasteiger partial charge on any atom is 0.163 e. The number of aromatic nitrogens is 3. The number of hydrogen-bond acceptors (Lipinski definition) is 7. The van der Waals surface area contributed by atoms with Crippen LogP contribution < -0.4 is 9.80 Å². The lowest BCUT2D eigenvalue weighted by Crippen LogP contribution is -2.36. The first-order valence-corrected chi connectivity index (χ1v) is 11.5. The summed E-state index contributed by atoms with van der Waals surface area (Å²) in [7, 11) is 0. The van der Waals surface area contributed by atoms with Gasteiger partial charge in [-0.15, -0.1) is 0 Å². The molecule has 2 saturated heterocycles. The fraction of sp³-hybridized carbons (Fsp3) is 0.400. The molecule has 0 aliphatic carbocycles. The lowest BCUT2D eigenvalue weighted by Gasteiger charge is -2.32. The molecule has 0 amide bonds. The van der Waals surface area contributed by atoms with E-state index < -0.39 is 0 Å². The molecule has 0 bridgehead atoms. The molecular formula is C25H28FN5O2. The molecule has 2 fully saturated rings. The minimum absolute atomic E-state index is 0.221. The summed E-state index contributed by atoms with van der Waals surface area (Å²) in [5.41, 5.74) is 2.80. The van der Waals surface area contributed by atoms with Crippen LogP contribution in [0.2, 0.25) is 0 Å². The summed E-state index contributed by atoms with van der Waals surface area (Å²) in [5.74, 6) is 1.45. The number of morpholine rings is 1. The van der Waals surface area contributed by atoms with Gasteiger partial charge in [0.15, 0.2) is 5.82 Å². The fourth-order valence-corrected chi connectivity index (χ4v) is 4.44. The van der Waals surface area contributed by atoms with Crippen molar-refractivity contribution in [3.05, 3.63) is 54.6 Å². The van der Waals surface area contributed by atoms with E-state index >= 15 is 4.39 Å². The summed E-state index contributed by atoms with van der Waals surface area (Å²) in [5, 5.41) is 9.48. The quantitative estimate of drug-likeness (QED) is 0.640. The second-order valence-electron chi connectivity index (χ2n) is 8.56. The molecule has 0 radical (unpaired) electrons. The van der Waals surface area contributed by atoms with Gasteiger partial charge >= 0.3 is 0 Å². The first-order chi connectivity index (χ1) is 16.2. The van der Waals surface area contributed by atoms with Crippen LogP contribution in [0.4, 0.5) is 15.9 Å². The molecule has 7 nitrogen and oxygen atoms in total. The van der Waals surface area contributed by atoms with Crippen molar-refractivity contribution in [1.82, 2.24) is 15.0 Å². The third kappa shape index (κ3) is 4.82. The number of halogens is 1. The van der Waals surface area contributed by atoms with E-state index in [0.29, 0.717) is 55.0 Å². The number of rotatable bonds is 5. The number of benzene rings is 1. The predicted molar refractivity (Wildman–Crippen MR) is 126 cm³/mol. The van der Waals surface area contributed by atoms with E-state index in [4.69, 9.17) is 14.7 Å². The molecule has 4 heterocycles. The highest BCUT2D eigenvalue weighted by molar-refractivity contribution is 5.69. The van der Waals surface area contributed by atoms with E-state index in [0.717, 1.165) is 37.3 Å². The van der Waals surface area contributed by atoms with E-state index in [-0.39, 0.29) is 12.4 Å². The van der Waals surface area contributed by atoms with Gasteiger partial charge in [-0.05, 0) is 43.0 Å². The Morgan fingerprint density at radius 3 is 2.48 bits per heavy atom. The monoisotopic (exact) mass is 449 g/mol. The molecule has 2 aliphatic heterocycles. The van der Waals surface area contributed by atoms with Gasteiger partial charge in [0.25, 0.3) is 0 Å². The molecule has 1 N–H and O–H groups in total. The van der Waals surface area contributed by atoms with E-state index in [9.17, 15) is 5.11 Å². The second kappa shape index (κ2) is 9.80. The minimum atomic E-state index is -0.263. The summed E-state index contributed by atoms with van der Waals surface area (Å²) < 4.78 is 20.5. The minimum Gasteiger partial charge on any atom is -0.396 e. The van der Waals surface area contributed by atoms with E-state index in [1.807, 2.05) is 35.2 Å². The zero-order valence-corrected chi connectivity index (χ0v) is 18.5. The van der Waals surface area contributed by atoms with Gasteiger partial charge in [0.2, 0.25) is 0 Å². The number of aliphatic hydroxyl groups is 1. The maximum absolute atomic E-state index is 15.1. The zero-order valence-electron chi connectivity index (χ0n) is 18.5. The molecular weight excluding hydrogens is 421 g/mol. The van der Waals surface area contributed by atoms with Gasteiger partial charge in [0.1, 0.15) is 11.6 Å². The van der Waals surface area contributed by atoms with Crippen LogP contribution in [0.1, 0.15) is 12.8 Å². The Bertz CT molecular complexity index is 1080. The summed E-state index contributed by atoms with van der Waals surface area (Å²) in [4.78, 5) is 18.0. The lowest BCUT2D eigenvalue weighted by molar-refractivity contribution is 0.122. The Balaban J connectivity index is 1.50. The lowest BCUT2D eigenvalue weighted by atomic mass is 9.98. The number of piperidine rings is 1. The molecule has 172 valence electrons. The van der Waals surface area contributed by atoms with Crippen LogP contribution in [0, 0.1) is 11.7 Å². The van der Waals surface area contributed by atoms with Crippen LogP contribution in [-0.4, -0.2) is 66.1 Å². The molecule has 0 saturated carbocycles. The molecule has 0 spiro atoms. The Kier molecular flexibility index (Phi) is 6.46. The summed E-state index contributed by atoms with van der Waals surface area (Å²) >= 11 is 0. The number of ether oxygens (including phenoxy) is 1. The van der Waals surface area contributed by atoms with Crippen molar-refractivity contribution in [1.29, 1.82) is 0 Å². The standard InChI is InChI=1S/C25H28FN5O2/c26-21-14-19(3-4-23(21)30-10-12-33-13-11-30)22-15-24(31-8-5-18(17-32)6-9-31)29-25(28-22)20-2-1-7-27-16-20/h1-4,7,14-16,18,32H,5-6,8-13,17H2. The number of anilines is 2. The highest BCUT2D eigenvalue weighted by atomic mass is 19.1. The van der Waals surface area contributed by atoms with Gasteiger partial charge in [-0.1, -0.05) is 6.07 Å². The summed E-state index contributed by atoms with van der Waals surface area (Å²) in [6.45, 7) is 4.44. The first kappa shape index (κ1) is 21.7. The third-order valence-electron chi connectivity index (χ3n) is 6.42. The van der Waals surface area contributed by atoms with E-state index in [2.05, 4.69) is 9.88 Å². The Morgan fingerprint density at radius 2 is 1.79 bits per heavy atom. The summed E-state index contributed by atoms with van der Waals surface area (Å²) in [6, 6.07) is 11.0. The fourth-order valence-electron chi connectivity index (χ4n) is 4.44. The Morgan fingerprint density at radius 1 is 0.970 bits per heavy atom. The number of nitrogens with zero attached hydrogens (tertiary/aromatic N) is 5. The van der Waals surface area contributed by atoms with Crippen molar-refractivity contribution in [2.24, 2.45) is 5.92 Å². The average Bonchev–Trinajstić information content (AvgIpc) is 2.89. The molecule has 8 heteroatoms. The SMILES string of the molecule is OCC1CCN(c2cc(-c3ccc(N4CCOCC4)c(F)c3)nc(-c3cccnc3)n2)CC1. The van der Waals surface area contributed by atoms with Gasteiger partial charge < -0.3 is 19.6 Å². The van der Waals surface area contributed by atoms with Crippen LogP contribution in [0.25, 0.3) is 22.6 Å². The topological polar surface area (TPSA) is 74.6 Å². The second-order valence-corrected chi connectivity index (χ2v) is 8.56. The zero-order chi connectivity index (χ0) is 22.6. The van der Waals surface area contributed by atoms with E-state index in [1.54, 1.807) is 18.5 Å². The molecule has 5 rings (SSSR count). The molecule has 2 aliphatic rings. The molecule has 0 atom stereocenters. The normalized spacial score (nSPS) is 17.4. The largest absolute Gasteiger partial charge is 0.396 e. The molecule has 3 aromatic rings. The molecule has 33 heavy (non-hydrogen) atoms. The average molecular weight is 450 g/mol. The summed E-state index contributed by atoms with van der Waals surface area (Å²) in [6.07, 6.45) is 5.29. The van der Waals surface area contributed by atoms with Crippen molar-refractivity contribution in [3.8, 4) is 22.6 Å². The third-order valence-corrected chi connectivity index (χ3v) is 6.42. The van der Waals surface area contributed by atoms with Crippen molar-refractivity contribution in [2.75, 3.05) is 55.8 Å².